The van der Waals surface area contributed by atoms with Gasteiger partial charge in [0.2, 0.25) is 10.0 Å². The number of halogens is 1. The molecular formula is C16H20ClN3O3S. The first kappa shape index (κ1) is 16.3. The van der Waals surface area contributed by atoms with Crippen molar-refractivity contribution in [3.05, 3.63) is 28.8 Å². The number of carbonyl (C=O) groups excluding carboxylic acids is 1. The molecule has 3 N–H and O–H groups in total. The fraction of sp³-hybridized carbons (Fsp3) is 0.562. The highest BCUT2D eigenvalue weighted by Gasteiger charge is 2.51. The normalized spacial score (nSPS) is 32.1. The average Bonchev–Trinajstić information content (AvgIpc) is 3.18. The summed E-state index contributed by atoms with van der Waals surface area (Å²) in [7, 11) is -3.96. The van der Waals surface area contributed by atoms with Crippen molar-refractivity contribution in [1.82, 2.24) is 10.4 Å². The van der Waals surface area contributed by atoms with E-state index in [1.54, 1.807) is 0 Å². The maximum Gasteiger partial charge on any atom is 0.265 e. The van der Waals surface area contributed by atoms with Gasteiger partial charge in [0.1, 0.15) is 4.90 Å². The Bertz CT molecular complexity index is 780. The molecule has 1 aromatic rings. The molecule has 1 aliphatic heterocycles. The molecule has 0 radical (unpaired) electrons. The molecule has 2 aliphatic carbocycles. The molecule has 0 aromatic heterocycles. The lowest BCUT2D eigenvalue weighted by molar-refractivity contribution is 0.0809. The summed E-state index contributed by atoms with van der Waals surface area (Å²) >= 11 is 5.86. The molecule has 8 heteroatoms. The lowest BCUT2D eigenvalue weighted by Crippen LogP contribution is -2.41. The number of primary sulfonamides is 1. The maximum absolute atomic E-state index is 12.5. The van der Waals surface area contributed by atoms with E-state index in [-0.39, 0.29) is 21.4 Å². The smallest absolute Gasteiger partial charge is 0.265 e. The number of carbonyl (C=O) groups is 1. The van der Waals surface area contributed by atoms with Gasteiger partial charge in [-0.25, -0.2) is 18.6 Å². The lowest BCUT2D eigenvalue weighted by Gasteiger charge is -2.22. The van der Waals surface area contributed by atoms with Gasteiger partial charge in [0.25, 0.3) is 5.91 Å². The van der Waals surface area contributed by atoms with Crippen molar-refractivity contribution in [3.8, 4) is 0 Å². The maximum atomic E-state index is 12.5. The van der Waals surface area contributed by atoms with Gasteiger partial charge in [-0.15, -0.1) is 0 Å². The van der Waals surface area contributed by atoms with Crippen molar-refractivity contribution in [2.75, 3.05) is 13.1 Å². The van der Waals surface area contributed by atoms with Crippen molar-refractivity contribution in [1.29, 1.82) is 0 Å². The third-order valence-corrected chi connectivity index (χ3v) is 7.29. The van der Waals surface area contributed by atoms with Gasteiger partial charge in [0.15, 0.2) is 0 Å². The topological polar surface area (TPSA) is 92.5 Å². The number of fused-ring (bicyclic) bond motifs is 5. The van der Waals surface area contributed by atoms with E-state index in [0.29, 0.717) is 11.8 Å². The molecule has 1 saturated heterocycles. The minimum atomic E-state index is -3.96. The fourth-order valence-electron chi connectivity index (χ4n) is 4.84. The first-order valence-corrected chi connectivity index (χ1v) is 10.1. The Morgan fingerprint density at radius 1 is 1.21 bits per heavy atom. The van der Waals surface area contributed by atoms with E-state index >= 15 is 0 Å². The van der Waals surface area contributed by atoms with E-state index in [1.165, 1.54) is 37.5 Å². The molecule has 0 spiro atoms. The lowest BCUT2D eigenvalue weighted by atomic mass is 9.82. The minimum absolute atomic E-state index is 0.0151. The van der Waals surface area contributed by atoms with Gasteiger partial charge in [-0.05, 0) is 61.1 Å². The zero-order valence-corrected chi connectivity index (χ0v) is 14.7. The van der Waals surface area contributed by atoms with Gasteiger partial charge in [-0.1, -0.05) is 11.6 Å². The molecule has 1 amide bonds. The second kappa shape index (κ2) is 5.69. The molecule has 4 rings (SSSR count). The number of rotatable bonds is 3. The van der Waals surface area contributed by atoms with Gasteiger partial charge >= 0.3 is 0 Å². The second-order valence-corrected chi connectivity index (χ2v) is 9.13. The van der Waals surface area contributed by atoms with Crippen LogP contribution in [-0.4, -0.2) is 32.4 Å². The van der Waals surface area contributed by atoms with Crippen molar-refractivity contribution in [2.45, 2.75) is 24.2 Å². The molecule has 1 heterocycles. The second-order valence-electron chi connectivity index (χ2n) is 7.20. The van der Waals surface area contributed by atoms with Crippen LogP contribution in [0.1, 0.15) is 29.6 Å². The zero-order chi connectivity index (χ0) is 17.1. The summed E-state index contributed by atoms with van der Waals surface area (Å²) in [6, 6.07) is 4.12. The summed E-state index contributed by atoms with van der Waals surface area (Å²) in [6.07, 6.45) is 4.00. The Kier molecular flexibility index (Phi) is 3.87. The van der Waals surface area contributed by atoms with E-state index in [0.717, 1.165) is 24.9 Å². The first-order valence-electron chi connectivity index (χ1n) is 8.21. The van der Waals surface area contributed by atoms with Crippen LogP contribution in [0, 0.1) is 23.7 Å². The largest absolute Gasteiger partial charge is 0.285 e. The van der Waals surface area contributed by atoms with E-state index < -0.39 is 10.0 Å². The highest BCUT2D eigenvalue weighted by atomic mass is 35.5. The number of benzene rings is 1. The molecule has 1 aromatic carbocycles. The Hall–Kier alpha value is -1.15. The van der Waals surface area contributed by atoms with Crippen molar-refractivity contribution in [3.63, 3.8) is 0 Å². The van der Waals surface area contributed by atoms with E-state index in [4.69, 9.17) is 16.7 Å². The Morgan fingerprint density at radius 2 is 1.83 bits per heavy atom. The standard InChI is InChI=1S/C16H20ClN3O3S/c17-14-4-3-11(6-15(14)24(18,22)23)16(21)19-20-7-12-9-1-2-10(5-9)13(12)8-20/h3-4,6,9-10,12-13H,1-2,5,7-8H2,(H,19,21)(H2,18,22,23)/t9-,10+,12?,13?. The van der Waals surface area contributed by atoms with Crippen LogP contribution in [-0.2, 0) is 10.0 Å². The SMILES string of the molecule is NS(=O)(=O)c1cc(C(=O)NN2CC3C(C2)[C@H]2CC[C@@H]3C2)ccc1Cl. The third kappa shape index (κ3) is 2.73. The predicted molar refractivity (Wildman–Crippen MR) is 89.7 cm³/mol. The average molecular weight is 370 g/mol. The van der Waals surface area contributed by atoms with E-state index in [2.05, 4.69) is 5.43 Å². The van der Waals surface area contributed by atoms with Crippen molar-refractivity contribution < 1.29 is 13.2 Å². The monoisotopic (exact) mass is 369 g/mol. The highest BCUT2D eigenvalue weighted by molar-refractivity contribution is 7.89. The first-order chi connectivity index (χ1) is 11.3. The molecule has 4 atom stereocenters. The highest BCUT2D eigenvalue weighted by Crippen LogP contribution is 2.54. The number of amides is 1. The molecule has 2 unspecified atom stereocenters. The van der Waals surface area contributed by atoms with Crippen LogP contribution in [0.3, 0.4) is 0 Å². The van der Waals surface area contributed by atoms with Crippen LogP contribution in [0.25, 0.3) is 0 Å². The summed E-state index contributed by atoms with van der Waals surface area (Å²) in [5, 5.41) is 7.13. The summed E-state index contributed by atoms with van der Waals surface area (Å²) in [6.45, 7) is 1.76. The van der Waals surface area contributed by atoms with Gasteiger partial charge in [0, 0.05) is 18.7 Å². The van der Waals surface area contributed by atoms with Gasteiger partial charge in [-0.3, -0.25) is 10.2 Å². The summed E-state index contributed by atoms with van der Waals surface area (Å²) in [5.74, 6) is 2.67. The van der Waals surface area contributed by atoms with Crippen LogP contribution in [0.15, 0.2) is 23.1 Å². The number of nitrogens with zero attached hydrogens (tertiary/aromatic N) is 1. The quantitative estimate of drug-likeness (QED) is 0.846. The molecular weight excluding hydrogens is 350 g/mol. The molecule has 3 aliphatic rings. The van der Waals surface area contributed by atoms with Gasteiger partial charge in [-0.2, -0.15) is 0 Å². The number of nitrogens with one attached hydrogen (secondary N) is 1. The van der Waals surface area contributed by atoms with Gasteiger partial charge < -0.3 is 0 Å². The number of hydrogen-bond donors (Lipinski definition) is 2. The molecule has 2 bridgehead atoms. The van der Waals surface area contributed by atoms with Crippen LogP contribution < -0.4 is 10.6 Å². The van der Waals surface area contributed by atoms with Crippen LogP contribution in [0.5, 0.6) is 0 Å². The van der Waals surface area contributed by atoms with Crippen LogP contribution >= 0.6 is 11.6 Å². The summed E-state index contributed by atoms with van der Waals surface area (Å²) in [5.41, 5.74) is 3.15. The van der Waals surface area contributed by atoms with Crippen LogP contribution in [0.4, 0.5) is 0 Å². The molecule has 24 heavy (non-hydrogen) atoms. The predicted octanol–water partition coefficient (Wildman–Crippen LogP) is 1.61. The Morgan fingerprint density at radius 3 is 2.42 bits per heavy atom. The Labute approximate surface area is 146 Å². The molecule has 6 nitrogen and oxygen atoms in total. The summed E-state index contributed by atoms with van der Waals surface area (Å²) < 4.78 is 23.1. The molecule has 3 fully saturated rings. The number of hydrogen-bond acceptors (Lipinski definition) is 4. The zero-order valence-electron chi connectivity index (χ0n) is 13.1. The van der Waals surface area contributed by atoms with E-state index in [9.17, 15) is 13.2 Å². The fourth-order valence-corrected chi connectivity index (χ4v) is 5.92. The number of nitrogens with two attached hydrogens (primary N) is 1. The molecule has 2 saturated carbocycles. The van der Waals surface area contributed by atoms with Crippen LogP contribution in [0.2, 0.25) is 5.02 Å². The van der Waals surface area contributed by atoms with Crippen molar-refractivity contribution in [2.24, 2.45) is 28.8 Å². The minimum Gasteiger partial charge on any atom is -0.285 e. The van der Waals surface area contributed by atoms with E-state index in [1.807, 2.05) is 5.01 Å². The third-order valence-electron chi connectivity index (χ3n) is 5.90. The van der Waals surface area contributed by atoms with Gasteiger partial charge in [0.05, 0.1) is 5.02 Å². The Balaban J connectivity index is 1.48. The number of sulfonamides is 1. The molecule has 130 valence electrons. The summed E-state index contributed by atoms with van der Waals surface area (Å²) in [4.78, 5) is 12.2. The number of hydrazine groups is 1. The van der Waals surface area contributed by atoms with Crippen molar-refractivity contribution >= 4 is 27.5 Å².